The highest BCUT2D eigenvalue weighted by Gasteiger charge is 2.54. The Bertz CT molecular complexity index is 1210. The lowest BCUT2D eigenvalue weighted by Gasteiger charge is -2.51. The molecule has 0 saturated carbocycles. The van der Waals surface area contributed by atoms with Crippen LogP contribution >= 0.6 is 0 Å². The number of rotatable bonds is 7. The number of carbonyl (C=O) groups is 2. The standard InChI is InChI=1S/C37H67NO14/c1-14-25-37(10,45)30(41)20(4)27(39)18(2)16-35(8,44)32(52-34-28(40)24(38(11,12)46)15-19(3)48-34)21(5)29(22(6)33(43)50-25)51-26-17-36(9,47-13)31(42)23(7)49-26/h18-26,28-32,34,40-42,44-45H,14-17H2,1-13H3/t18-,19-,20+,21+,22-,23+,24+,25-,26-,28-,29+,30-,31+,32-,34+,35-,36-,37+/m1/s1. The van der Waals surface area contributed by atoms with Crippen LogP contribution in [0.2, 0.25) is 0 Å². The first kappa shape index (κ1) is 45.1. The first-order valence-corrected chi connectivity index (χ1v) is 18.7. The van der Waals surface area contributed by atoms with Crippen molar-refractivity contribution in [1.29, 1.82) is 0 Å². The van der Waals surface area contributed by atoms with Crippen molar-refractivity contribution in [2.75, 3.05) is 21.2 Å². The molecular formula is C37H67NO14. The van der Waals surface area contributed by atoms with Gasteiger partial charge < -0.3 is 63.8 Å². The van der Waals surface area contributed by atoms with Gasteiger partial charge >= 0.3 is 5.97 Å². The summed E-state index contributed by atoms with van der Waals surface area (Å²) >= 11 is 0. The van der Waals surface area contributed by atoms with E-state index in [-0.39, 0.29) is 25.7 Å². The number of nitrogens with zero attached hydrogens (tertiary/aromatic N) is 1. The third-order valence-corrected chi connectivity index (χ3v) is 12.0. The highest BCUT2D eigenvalue weighted by atomic mass is 16.7. The van der Waals surface area contributed by atoms with Crippen molar-refractivity contribution in [2.45, 2.75) is 179 Å². The van der Waals surface area contributed by atoms with Gasteiger partial charge in [0, 0.05) is 37.7 Å². The second-order valence-electron chi connectivity index (χ2n) is 16.9. The summed E-state index contributed by atoms with van der Waals surface area (Å²) in [6.45, 7) is 15.9. The number of carbonyl (C=O) groups excluding carboxylic acids is 2. The van der Waals surface area contributed by atoms with Crippen molar-refractivity contribution < 1.29 is 68.2 Å². The molecule has 3 fully saturated rings. The van der Waals surface area contributed by atoms with Crippen LogP contribution in [0.4, 0.5) is 0 Å². The van der Waals surface area contributed by atoms with E-state index < -0.39 is 124 Å². The Kier molecular flexibility index (Phi) is 14.6. The smallest absolute Gasteiger partial charge is 0.311 e. The Hall–Kier alpha value is -1.34. The van der Waals surface area contributed by atoms with E-state index in [2.05, 4.69) is 0 Å². The molecule has 0 aromatic carbocycles. The zero-order valence-corrected chi connectivity index (χ0v) is 33.3. The Morgan fingerprint density at radius 3 is 2.04 bits per heavy atom. The minimum absolute atomic E-state index is 0.0595. The van der Waals surface area contributed by atoms with Crippen molar-refractivity contribution >= 4 is 11.8 Å². The summed E-state index contributed by atoms with van der Waals surface area (Å²) in [5.41, 5.74) is -4.98. The van der Waals surface area contributed by atoms with Crippen molar-refractivity contribution in [2.24, 2.45) is 23.7 Å². The summed E-state index contributed by atoms with van der Waals surface area (Å²) in [6.07, 6.45) is -11.1. The van der Waals surface area contributed by atoms with Crippen LogP contribution in [-0.4, -0.2) is 147 Å². The average molecular weight is 750 g/mol. The molecule has 3 rings (SSSR count). The predicted molar refractivity (Wildman–Crippen MR) is 188 cm³/mol. The molecule has 0 unspecified atom stereocenters. The molecule has 5 N–H and O–H groups in total. The summed E-state index contributed by atoms with van der Waals surface area (Å²) < 4.78 is 36.0. The molecular weight excluding hydrogens is 682 g/mol. The molecule has 0 aliphatic carbocycles. The number of hydrogen-bond donors (Lipinski definition) is 5. The van der Waals surface area contributed by atoms with E-state index in [1.165, 1.54) is 42.0 Å². The van der Waals surface area contributed by atoms with E-state index in [9.17, 15) is 40.3 Å². The molecule has 3 aliphatic rings. The third kappa shape index (κ3) is 9.54. The van der Waals surface area contributed by atoms with Crippen molar-refractivity contribution in [3.8, 4) is 0 Å². The van der Waals surface area contributed by atoms with E-state index in [0.29, 0.717) is 0 Å². The molecule has 15 heteroatoms. The van der Waals surface area contributed by atoms with Crippen molar-refractivity contribution in [3.63, 3.8) is 0 Å². The largest absolute Gasteiger partial charge is 0.633 e. The number of esters is 1. The molecule has 0 bridgehead atoms. The number of hydroxylamine groups is 3. The van der Waals surface area contributed by atoms with Gasteiger partial charge in [-0.3, -0.25) is 9.59 Å². The van der Waals surface area contributed by atoms with Gasteiger partial charge in [0.25, 0.3) is 0 Å². The molecule has 0 radical (unpaired) electrons. The maximum Gasteiger partial charge on any atom is 0.311 e. The van der Waals surface area contributed by atoms with Gasteiger partial charge in [-0.05, 0) is 54.4 Å². The topological polar surface area (TPSA) is 214 Å². The number of likely N-dealkylation sites (N-methyl/N-ethyl adjacent to an activating group) is 1. The fourth-order valence-corrected chi connectivity index (χ4v) is 8.52. The number of quaternary nitrogens is 1. The van der Waals surface area contributed by atoms with Gasteiger partial charge in [-0.25, -0.2) is 0 Å². The van der Waals surface area contributed by atoms with Gasteiger partial charge in [0.15, 0.2) is 18.7 Å². The predicted octanol–water partition coefficient (Wildman–Crippen LogP) is 1.80. The van der Waals surface area contributed by atoms with Crippen LogP contribution in [0.1, 0.15) is 94.9 Å². The summed E-state index contributed by atoms with van der Waals surface area (Å²) in [7, 11) is 4.30. The summed E-state index contributed by atoms with van der Waals surface area (Å²) in [5.74, 6) is -5.27. The molecule has 52 heavy (non-hydrogen) atoms. The van der Waals surface area contributed by atoms with Crippen LogP contribution in [0, 0.1) is 28.9 Å². The van der Waals surface area contributed by atoms with Crippen LogP contribution in [0.5, 0.6) is 0 Å². The molecule has 0 aromatic rings. The Labute approximate surface area is 309 Å². The molecule has 3 saturated heterocycles. The lowest BCUT2D eigenvalue weighted by molar-refractivity contribution is -0.874. The number of aliphatic hydroxyl groups is 5. The van der Waals surface area contributed by atoms with Gasteiger partial charge in [-0.1, -0.05) is 27.7 Å². The van der Waals surface area contributed by atoms with E-state index in [1.807, 2.05) is 0 Å². The molecule has 0 aromatic heterocycles. The maximum atomic E-state index is 14.1. The van der Waals surface area contributed by atoms with Gasteiger partial charge in [0.1, 0.15) is 29.6 Å². The van der Waals surface area contributed by atoms with E-state index in [4.69, 9.17) is 28.4 Å². The highest BCUT2D eigenvalue weighted by Crippen LogP contribution is 2.41. The van der Waals surface area contributed by atoms with Crippen LogP contribution in [0.3, 0.4) is 0 Å². The molecule has 304 valence electrons. The summed E-state index contributed by atoms with van der Waals surface area (Å²) in [6, 6.07) is -0.828. The van der Waals surface area contributed by atoms with Crippen molar-refractivity contribution in [1.82, 2.24) is 0 Å². The van der Waals surface area contributed by atoms with Crippen LogP contribution in [-0.2, 0) is 38.0 Å². The minimum atomic E-state index is -2.02. The van der Waals surface area contributed by atoms with E-state index in [0.717, 1.165) is 0 Å². The monoisotopic (exact) mass is 749 g/mol. The van der Waals surface area contributed by atoms with Crippen molar-refractivity contribution in [3.05, 3.63) is 5.21 Å². The second-order valence-corrected chi connectivity index (χ2v) is 16.9. The molecule has 18 atom stereocenters. The minimum Gasteiger partial charge on any atom is -0.633 e. The zero-order valence-electron chi connectivity index (χ0n) is 33.3. The van der Waals surface area contributed by atoms with E-state index in [1.54, 1.807) is 48.5 Å². The molecule has 0 amide bonds. The first-order chi connectivity index (χ1) is 23.7. The molecule has 3 heterocycles. The Morgan fingerprint density at radius 1 is 0.904 bits per heavy atom. The average Bonchev–Trinajstić information content (AvgIpc) is 3.05. The number of ether oxygens (including phenoxy) is 6. The van der Waals surface area contributed by atoms with Crippen LogP contribution < -0.4 is 0 Å². The number of aliphatic hydroxyl groups excluding tert-OH is 3. The van der Waals surface area contributed by atoms with Gasteiger partial charge in [0.05, 0.1) is 61.7 Å². The van der Waals surface area contributed by atoms with E-state index >= 15 is 0 Å². The summed E-state index contributed by atoms with van der Waals surface area (Å²) in [5, 5.41) is 70.7. The Morgan fingerprint density at radius 2 is 1.50 bits per heavy atom. The lowest BCUT2D eigenvalue weighted by atomic mass is 9.74. The first-order valence-electron chi connectivity index (χ1n) is 18.7. The Balaban J connectivity index is 2.20. The quantitative estimate of drug-likeness (QED) is 0.143. The fraction of sp³-hybridized carbons (Fsp3) is 0.946. The lowest BCUT2D eigenvalue weighted by Crippen LogP contribution is -2.63. The van der Waals surface area contributed by atoms with Crippen LogP contribution in [0.25, 0.3) is 0 Å². The maximum absolute atomic E-state index is 14.1. The number of hydrogen-bond acceptors (Lipinski definition) is 14. The summed E-state index contributed by atoms with van der Waals surface area (Å²) in [4.78, 5) is 27.9. The number of Topliss-reactive ketones (excluding diaryl/α,β-unsaturated/α-hetero) is 1. The van der Waals surface area contributed by atoms with Gasteiger partial charge in [-0.15, -0.1) is 0 Å². The fourth-order valence-electron chi connectivity index (χ4n) is 8.52. The third-order valence-electron chi connectivity index (χ3n) is 12.0. The zero-order chi connectivity index (χ0) is 39.9. The van der Waals surface area contributed by atoms with Gasteiger partial charge in [0.2, 0.25) is 0 Å². The SMILES string of the molecule is CC[C@H]1OC(=O)[C@H](C)[C@@H](O[C@@H]2C[C@@](C)(OC)[C@@H](O)[C@H](C)O2)[C@H](C)[C@@H](O[C@@H]2O[C@H](C)C[C@H]([N+](C)(C)[O-])[C@H]2O)[C@](C)(O)C[C@@H](C)C(=O)[C@H](C)[C@@H](O)[C@@]1(C)O. The second kappa shape index (κ2) is 16.8. The number of ketones is 1. The molecule has 3 aliphatic heterocycles. The van der Waals surface area contributed by atoms with Gasteiger partial charge in [-0.2, -0.15) is 0 Å². The molecule has 0 spiro atoms. The number of methoxy groups -OCH3 is 1. The normalized spacial score (nSPS) is 49.2. The van der Waals surface area contributed by atoms with Crippen LogP contribution in [0.15, 0.2) is 0 Å². The highest BCUT2D eigenvalue weighted by molar-refractivity contribution is 5.83. The number of cyclic esters (lactones) is 1. The molecule has 15 nitrogen and oxygen atoms in total.